The fourth-order valence-corrected chi connectivity index (χ4v) is 5.44. The van der Waals surface area contributed by atoms with Crippen LogP contribution >= 0.6 is 11.8 Å². The lowest BCUT2D eigenvalue weighted by Crippen LogP contribution is -2.39. The number of benzene rings is 1. The summed E-state index contributed by atoms with van der Waals surface area (Å²) in [5.41, 5.74) is 3.68. The molecule has 144 valence electrons. The Morgan fingerprint density at radius 1 is 1.21 bits per heavy atom. The summed E-state index contributed by atoms with van der Waals surface area (Å²) in [6.07, 6.45) is 19.2. The van der Waals surface area contributed by atoms with Crippen molar-refractivity contribution in [3.63, 3.8) is 0 Å². The van der Waals surface area contributed by atoms with E-state index in [0.717, 1.165) is 30.0 Å². The second-order valence-electron chi connectivity index (χ2n) is 7.80. The smallest absolute Gasteiger partial charge is 0.152 e. The summed E-state index contributed by atoms with van der Waals surface area (Å²) in [6, 6.07) is 7.27. The van der Waals surface area contributed by atoms with Gasteiger partial charge in [0.2, 0.25) is 0 Å². The fourth-order valence-electron chi connectivity index (χ4n) is 4.49. The highest BCUT2D eigenvalue weighted by molar-refractivity contribution is 8.02. The molecule has 0 N–H and O–H groups in total. The van der Waals surface area contributed by atoms with Crippen molar-refractivity contribution in [3.05, 3.63) is 70.8 Å². The first-order valence-corrected chi connectivity index (χ1v) is 11.3. The van der Waals surface area contributed by atoms with E-state index in [1.54, 1.807) is 0 Å². The van der Waals surface area contributed by atoms with Crippen LogP contribution in [0.1, 0.15) is 43.2 Å². The van der Waals surface area contributed by atoms with Crippen LogP contribution < -0.4 is 4.74 Å². The molecule has 3 nitrogen and oxygen atoms in total. The average molecular weight is 391 g/mol. The van der Waals surface area contributed by atoms with Gasteiger partial charge in [-0.05, 0) is 43.0 Å². The van der Waals surface area contributed by atoms with Crippen molar-refractivity contribution in [1.82, 2.24) is 9.88 Å². The Labute approximate surface area is 171 Å². The van der Waals surface area contributed by atoms with Crippen molar-refractivity contribution >= 4 is 22.7 Å². The molecule has 28 heavy (non-hydrogen) atoms. The van der Waals surface area contributed by atoms with Crippen molar-refractivity contribution in [3.8, 4) is 5.75 Å². The molecule has 0 atom stereocenters. The van der Waals surface area contributed by atoms with Gasteiger partial charge in [-0.25, -0.2) is 0 Å². The normalized spacial score (nSPS) is 20.1. The summed E-state index contributed by atoms with van der Waals surface area (Å²) < 4.78 is 6.25. The molecule has 2 heterocycles. The molecule has 0 unspecified atom stereocenters. The molecule has 1 saturated carbocycles. The number of hydrogen-bond donors (Lipinski definition) is 0. The van der Waals surface area contributed by atoms with Crippen LogP contribution in [0.3, 0.4) is 0 Å². The summed E-state index contributed by atoms with van der Waals surface area (Å²) in [4.78, 5) is 8.55. The summed E-state index contributed by atoms with van der Waals surface area (Å²) in [7, 11) is 0. The van der Waals surface area contributed by atoms with Gasteiger partial charge in [-0.1, -0.05) is 43.2 Å². The number of hydrogen-bond acceptors (Lipinski definition) is 4. The summed E-state index contributed by atoms with van der Waals surface area (Å²) in [5, 5.41) is 1.22. The highest BCUT2D eigenvalue weighted by Crippen LogP contribution is 2.38. The third-order valence-corrected chi connectivity index (χ3v) is 7.05. The molecule has 0 amide bonds. The van der Waals surface area contributed by atoms with Crippen LogP contribution in [-0.4, -0.2) is 22.7 Å². The zero-order valence-electron chi connectivity index (χ0n) is 16.1. The van der Waals surface area contributed by atoms with Crippen LogP contribution in [0.25, 0.3) is 10.9 Å². The van der Waals surface area contributed by atoms with E-state index in [1.807, 2.05) is 24.0 Å². The summed E-state index contributed by atoms with van der Waals surface area (Å²) in [6.45, 7) is 1.68. The third kappa shape index (κ3) is 3.63. The first-order chi connectivity index (χ1) is 13.9. The Bertz CT molecular complexity index is 956. The van der Waals surface area contributed by atoms with Gasteiger partial charge < -0.3 is 4.74 Å². The quantitative estimate of drug-likeness (QED) is 0.643. The molecule has 0 radical (unpaired) electrons. The molecule has 0 saturated heterocycles. The number of pyridine rings is 1. The molecule has 1 aromatic carbocycles. The van der Waals surface area contributed by atoms with Crippen LogP contribution in [0.5, 0.6) is 5.75 Å². The first kappa shape index (κ1) is 18.0. The average Bonchev–Trinajstić information content (AvgIpc) is 3.16. The molecule has 2 aliphatic carbocycles. The Kier molecular flexibility index (Phi) is 5.24. The number of ether oxygens (including phenoxy) is 1. The third-order valence-electron chi connectivity index (χ3n) is 5.96. The predicted octanol–water partition coefficient (Wildman–Crippen LogP) is 5.96. The van der Waals surface area contributed by atoms with Gasteiger partial charge in [-0.2, -0.15) is 0 Å². The van der Waals surface area contributed by atoms with Crippen molar-refractivity contribution < 1.29 is 4.74 Å². The maximum Gasteiger partial charge on any atom is 0.152 e. The number of nitrogens with zero attached hydrogens (tertiary/aromatic N) is 2. The van der Waals surface area contributed by atoms with E-state index in [9.17, 15) is 0 Å². The Hall–Kier alpha value is -2.04. The lowest BCUT2D eigenvalue weighted by atomic mass is 10.0. The lowest BCUT2D eigenvalue weighted by molar-refractivity contribution is 0.0590. The van der Waals surface area contributed by atoms with Crippen LogP contribution in [0.4, 0.5) is 0 Å². The van der Waals surface area contributed by atoms with Crippen LogP contribution in [-0.2, 0) is 12.3 Å². The van der Waals surface area contributed by atoms with E-state index in [-0.39, 0.29) is 0 Å². The SMILES string of the molecule is C1=CCC=C(SCc2cc3c(c4ncccc24)OCN(C2CCCC2)C3)C=C1. The zero-order chi connectivity index (χ0) is 18.8. The number of rotatable bonds is 4. The van der Waals surface area contributed by atoms with E-state index in [0.29, 0.717) is 12.8 Å². The highest BCUT2D eigenvalue weighted by Gasteiger charge is 2.28. The number of allylic oxidation sites excluding steroid dienone is 5. The van der Waals surface area contributed by atoms with Gasteiger partial charge in [0, 0.05) is 40.4 Å². The second-order valence-corrected chi connectivity index (χ2v) is 8.85. The molecule has 4 heteroatoms. The molecule has 2 aromatic rings. The van der Waals surface area contributed by atoms with E-state index in [2.05, 4.69) is 47.4 Å². The minimum absolute atomic E-state index is 0.680. The molecule has 1 aliphatic heterocycles. The van der Waals surface area contributed by atoms with Gasteiger partial charge in [-0.3, -0.25) is 9.88 Å². The Morgan fingerprint density at radius 2 is 2.14 bits per heavy atom. The van der Waals surface area contributed by atoms with Crippen LogP contribution in [0, 0.1) is 0 Å². The van der Waals surface area contributed by atoms with Crippen molar-refractivity contribution in [2.24, 2.45) is 0 Å². The van der Waals surface area contributed by atoms with Gasteiger partial charge in [0.05, 0.1) is 0 Å². The number of aromatic nitrogens is 1. The molecule has 1 fully saturated rings. The molecule has 0 bridgehead atoms. The lowest BCUT2D eigenvalue weighted by Gasteiger charge is -2.34. The van der Waals surface area contributed by atoms with Gasteiger partial charge in [-0.15, -0.1) is 11.8 Å². The van der Waals surface area contributed by atoms with Crippen LogP contribution in [0.2, 0.25) is 0 Å². The largest absolute Gasteiger partial charge is 0.475 e. The molecule has 3 aliphatic rings. The maximum atomic E-state index is 6.25. The first-order valence-electron chi connectivity index (χ1n) is 10.3. The molecule has 5 rings (SSSR count). The van der Waals surface area contributed by atoms with E-state index in [1.165, 1.54) is 47.1 Å². The number of fused-ring (bicyclic) bond motifs is 3. The van der Waals surface area contributed by atoms with Crippen molar-refractivity contribution in [1.29, 1.82) is 0 Å². The highest BCUT2D eigenvalue weighted by atomic mass is 32.2. The summed E-state index contributed by atoms with van der Waals surface area (Å²) in [5.74, 6) is 1.95. The molecular formula is C24H26N2OS. The van der Waals surface area contributed by atoms with Gasteiger partial charge in [0.15, 0.2) is 5.75 Å². The van der Waals surface area contributed by atoms with E-state index < -0.39 is 0 Å². The van der Waals surface area contributed by atoms with Gasteiger partial charge in [0.1, 0.15) is 12.2 Å². The van der Waals surface area contributed by atoms with Gasteiger partial charge in [0.25, 0.3) is 0 Å². The molecule has 1 aromatic heterocycles. The van der Waals surface area contributed by atoms with E-state index >= 15 is 0 Å². The number of thioether (sulfide) groups is 1. The van der Waals surface area contributed by atoms with Crippen molar-refractivity contribution in [2.45, 2.75) is 50.4 Å². The predicted molar refractivity (Wildman–Crippen MR) is 117 cm³/mol. The fraction of sp³-hybridized carbons (Fsp3) is 0.375. The minimum Gasteiger partial charge on any atom is -0.475 e. The van der Waals surface area contributed by atoms with Crippen LogP contribution in [0.15, 0.2) is 59.7 Å². The van der Waals surface area contributed by atoms with E-state index in [4.69, 9.17) is 9.72 Å². The minimum atomic E-state index is 0.680. The van der Waals surface area contributed by atoms with Crippen molar-refractivity contribution in [2.75, 3.05) is 6.73 Å². The monoisotopic (exact) mass is 390 g/mol. The maximum absolute atomic E-state index is 6.25. The second kappa shape index (κ2) is 8.14. The Morgan fingerprint density at radius 3 is 3.07 bits per heavy atom. The zero-order valence-corrected chi connectivity index (χ0v) is 17.0. The topological polar surface area (TPSA) is 25.4 Å². The van der Waals surface area contributed by atoms with Gasteiger partial charge >= 0.3 is 0 Å². The molecular weight excluding hydrogens is 364 g/mol. The standard InChI is InChI=1S/C24H26N2OS/c1-2-4-11-21(10-3-1)28-16-19-14-18-15-26(20-8-5-6-9-20)17-27-24(18)23-22(19)12-7-13-25-23/h1-3,7,10-14,20H,4-6,8-9,15-17H2. The summed E-state index contributed by atoms with van der Waals surface area (Å²) >= 11 is 1.91. The Balaban J connectivity index is 1.45. The molecule has 0 spiro atoms.